The van der Waals surface area contributed by atoms with Crippen LogP contribution in [0.1, 0.15) is 5.69 Å². The maximum absolute atomic E-state index is 12.0. The van der Waals surface area contributed by atoms with Gasteiger partial charge in [-0.15, -0.1) is 0 Å². The van der Waals surface area contributed by atoms with Crippen molar-refractivity contribution in [3.05, 3.63) is 35.0 Å². The number of nitrogens with one attached hydrogen (secondary N) is 2. The number of rotatable bonds is 2. The van der Waals surface area contributed by atoms with Crippen molar-refractivity contribution < 1.29 is 9.53 Å². The van der Waals surface area contributed by atoms with E-state index in [0.29, 0.717) is 19.8 Å². The van der Waals surface area contributed by atoms with E-state index in [1.165, 1.54) is 0 Å². The van der Waals surface area contributed by atoms with Gasteiger partial charge in [-0.05, 0) is 6.07 Å². The molecule has 2 bridgehead atoms. The molecule has 116 valence electrons. The summed E-state index contributed by atoms with van der Waals surface area (Å²) < 4.78 is 5.56. The molecule has 0 saturated carbocycles. The van der Waals surface area contributed by atoms with Gasteiger partial charge in [-0.25, -0.2) is 0 Å². The van der Waals surface area contributed by atoms with E-state index in [4.69, 9.17) is 16.3 Å². The van der Waals surface area contributed by atoms with Crippen LogP contribution >= 0.6 is 11.6 Å². The van der Waals surface area contributed by atoms with Gasteiger partial charge in [0, 0.05) is 36.2 Å². The van der Waals surface area contributed by atoms with Crippen molar-refractivity contribution in [2.24, 2.45) is 5.92 Å². The molecule has 4 rings (SSSR count). The Balaban J connectivity index is 1.59. The van der Waals surface area contributed by atoms with E-state index >= 15 is 0 Å². The van der Waals surface area contributed by atoms with E-state index in [9.17, 15) is 4.79 Å². The Morgan fingerprint density at radius 3 is 3.00 bits per heavy atom. The highest BCUT2D eigenvalue weighted by atomic mass is 35.5. The van der Waals surface area contributed by atoms with Gasteiger partial charge < -0.3 is 15.0 Å². The van der Waals surface area contributed by atoms with E-state index in [1.807, 2.05) is 24.3 Å². The first-order valence-electron chi connectivity index (χ1n) is 7.56. The third-order valence-corrected chi connectivity index (χ3v) is 4.84. The molecular weight excluding hydrogens is 302 g/mol. The number of fused-ring (bicyclic) bond motifs is 4. The van der Waals surface area contributed by atoms with E-state index in [-0.39, 0.29) is 17.9 Å². The molecule has 3 heterocycles. The standard InChI is InChI=1S/C16H18ClN3O2/c17-15-12-3-1-2-4-13(12)19-14(15)7-20-5-10-8-22-9-11(6-20)18-16(10)21/h1-4,10-11,19H,5-9H2,(H,18,21)/t10-,11+/m1/s1. The summed E-state index contributed by atoms with van der Waals surface area (Å²) in [6.07, 6.45) is 0. The summed E-state index contributed by atoms with van der Waals surface area (Å²) in [6, 6.07) is 8.09. The average Bonchev–Trinajstić information content (AvgIpc) is 2.61. The van der Waals surface area contributed by atoms with Gasteiger partial charge >= 0.3 is 0 Å². The van der Waals surface area contributed by atoms with Crippen LogP contribution in [0.15, 0.2) is 24.3 Å². The number of carbonyl (C=O) groups excluding carboxylic acids is 1. The van der Waals surface area contributed by atoms with E-state index in [0.717, 1.165) is 34.7 Å². The highest BCUT2D eigenvalue weighted by Gasteiger charge is 2.33. The number of halogens is 1. The molecule has 2 atom stereocenters. The Labute approximate surface area is 133 Å². The number of hydrogen-bond donors (Lipinski definition) is 2. The molecule has 0 unspecified atom stereocenters. The van der Waals surface area contributed by atoms with Crippen molar-refractivity contribution in [2.75, 3.05) is 26.3 Å². The predicted octanol–water partition coefficient (Wildman–Crippen LogP) is 1.77. The first-order chi connectivity index (χ1) is 10.7. The lowest BCUT2D eigenvalue weighted by atomic mass is 10.1. The molecule has 5 nitrogen and oxygen atoms in total. The number of carbonyl (C=O) groups is 1. The van der Waals surface area contributed by atoms with Gasteiger partial charge in [0.15, 0.2) is 0 Å². The summed E-state index contributed by atoms with van der Waals surface area (Å²) >= 11 is 6.50. The monoisotopic (exact) mass is 319 g/mol. The largest absolute Gasteiger partial charge is 0.378 e. The molecule has 2 aromatic rings. The molecule has 0 aliphatic carbocycles. The molecule has 2 aliphatic rings. The number of amides is 1. The first kappa shape index (κ1) is 14.1. The summed E-state index contributed by atoms with van der Waals surface area (Å²) in [5.74, 6) is 0.00315. The van der Waals surface area contributed by atoms with Crippen molar-refractivity contribution in [3.8, 4) is 0 Å². The van der Waals surface area contributed by atoms with Crippen molar-refractivity contribution in [1.29, 1.82) is 0 Å². The molecule has 1 aromatic carbocycles. The normalized spacial score (nSPS) is 26.0. The van der Waals surface area contributed by atoms with Crippen LogP contribution in [0.4, 0.5) is 0 Å². The fourth-order valence-electron chi connectivity index (χ4n) is 3.35. The summed E-state index contributed by atoms with van der Waals surface area (Å²) in [7, 11) is 0. The quantitative estimate of drug-likeness (QED) is 0.887. The Morgan fingerprint density at radius 1 is 1.27 bits per heavy atom. The van der Waals surface area contributed by atoms with Gasteiger partial charge in [0.2, 0.25) is 5.91 Å². The fraction of sp³-hybridized carbons (Fsp3) is 0.438. The second kappa shape index (κ2) is 5.57. The van der Waals surface area contributed by atoms with Gasteiger partial charge in [-0.1, -0.05) is 29.8 Å². The van der Waals surface area contributed by atoms with Gasteiger partial charge in [0.1, 0.15) is 0 Å². The van der Waals surface area contributed by atoms with Gasteiger partial charge in [-0.2, -0.15) is 0 Å². The smallest absolute Gasteiger partial charge is 0.227 e. The SMILES string of the molecule is O=C1N[C@@H]2COC[C@H]1CN(Cc1[nH]c3ccccc3c1Cl)C2. The Bertz CT molecular complexity index is 714. The van der Waals surface area contributed by atoms with Gasteiger partial charge in [0.25, 0.3) is 0 Å². The molecule has 0 spiro atoms. The van der Waals surface area contributed by atoms with Crippen LogP contribution < -0.4 is 5.32 Å². The predicted molar refractivity (Wildman–Crippen MR) is 84.8 cm³/mol. The molecule has 1 amide bonds. The molecule has 2 saturated heterocycles. The molecule has 6 heteroatoms. The third-order valence-electron chi connectivity index (χ3n) is 4.41. The number of hydrogen-bond acceptors (Lipinski definition) is 3. The number of benzene rings is 1. The molecule has 1 aromatic heterocycles. The van der Waals surface area contributed by atoms with Crippen LogP contribution in [0.2, 0.25) is 5.02 Å². The fourth-order valence-corrected chi connectivity index (χ4v) is 3.62. The molecule has 2 aliphatic heterocycles. The second-order valence-electron chi connectivity index (χ2n) is 6.10. The number of ether oxygens (including phenoxy) is 1. The number of H-pyrrole nitrogens is 1. The average molecular weight is 320 g/mol. The zero-order valence-corrected chi connectivity index (χ0v) is 12.9. The Hall–Kier alpha value is -1.56. The lowest BCUT2D eigenvalue weighted by molar-refractivity contribution is -0.125. The van der Waals surface area contributed by atoms with Crippen LogP contribution in [0.3, 0.4) is 0 Å². The van der Waals surface area contributed by atoms with Crippen LogP contribution in [0.5, 0.6) is 0 Å². The van der Waals surface area contributed by atoms with E-state index in [1.54, 1.807) is 0 Å². The minimum atomic E-state index is -0.101. The summed E-state index contributed by atoms with van der Waals surface area (Å²) in [6.45, 7) is 3.29. The number of aromatic nitrogens is 1. The summed E-state index contributed by atoms with van der Waals surface area (Å²) in [5, 5.41) is 4.88. The number of nitrogens with zero attached hydrogens (tertiary/aromatic N) is 1. The molecular formula is C16H18ClN3O2. The van der Waals surface area contributed by atoms with E-state index in [2.05, 4.69) is 15.2 Å². The van der Waals surface area contributed by atoms with Crippen LogP contribution in [-0.2, 0) is 16.1 Å². The summed E-state index contributed by atoms with van der Waals surface area (Å²) in [5.41, 5.74) is 2.06. The lowest BCUT2D eigenvalue weighted by Gasteiger charge is -2.27. The summed E-state index contributed by atoms with van der Waals surface area (Å²) in [4.78, 5) is 17.7. The topological polar surface area (TPSA) is 57.4 Å². The Morgan fingerprint density at radius 2 is 2.14 bits per heavy atom. The maximum Gasteiger partial charge on any atom is 0.227 e. The van der Waals surface area contributed by atoms with E-state index < -0.39 is 0 Å². The number of para-hydroxylation sites is 1. The zero-order chi connectivity index (χ0) is 15.1. The van der Waals surface area contributed by atoms with Crippen molar-refractivity contribution in [1.82, 2.24) is 15.2 Å². The highest BCUT2D eigenvalue weighted by Crippen LogP contribution is 2.28. The highest BCUT2D eigenvalue weighted by molar-refractivity contribution is 6.36. The Kier molecular flexibility index (Phi) is 3.56. The minimum absolute atomic E-state index is 0.0585. The van der Waals surface area contributed by atoms with Crippen molar-refractivity contribution in [3.63, 3.8) is 0 Å². The van der Waals surface area contributed by atoms with Crippen LogP contribution in [0.25, 0.3) is 10.9 Å². The minimum Gasteiger partial charge on any atom is -0.378 e. The molecule has 0 radical (unpaired) electrons. The van der Waals surface area contributed by atoms with Gasteiger partial charge in [0.05, 0.1) is 30.2 Å². The number of aromatic amines is 1. The van der Waals surface area contributed by atoms with Crippen LogP contribution in [-0.4, -0.2) is 48.1 Å². The second-order valence-corrected chi connectivity index (χ2v) is 6.48. The lowest BCUT2D eigenvalue weighted by Crippen LogP contribution is -2.41. The molecule has 2 N–H and O–H groups in total. The van der Waals surface area contributed by atoms with Crippen molar-refractivity contribution >= 4 is 28.4 Å². The van der Waals surface area contributed by atoms with Gasteiger partial charge in [-0.3, -0.25) is 9.69 Å². The molecule has 2 fully saturated rings. The molecule has 22 heavy (non-hydrogen) atoms. The maximum atomic E-state index is 12.0. The zero-order valence-electron chi connectivity index (χ0n) is 12.1. The van der Waals surface area contributed by atoms with Crippen molar-refractivity contribution in [2.45, 2.75) is 12.6 Å². The van der Waals surface area contributed by atoms with Crippen LogP contribution in [0, 0.1) is 5.92 Å². The third kappa shape index (κ3) is 2.49. The first-order valence-corrected chi connectivity index (χ1v) is 7.94.